The third-order valence-corrected chi connectivity index (χ3v) is 4.65. The molecule has 138 valence electrons. The molecule has 0 saturated carbocycles. The molecule has 0 aliphatic carbocycles. The Labute approximate surface area is 173 Å². The predicted molar refractivity (Wildman–Crippen MR) is 110 cm³/mol. The van der Waals surface area contributed by atoms with Crippen LogP contribution in [0.1, 0.15) is 25.0 Å². The van der Waals surface area contributed by atoms with E-state index in [0.717, 1.165) is 21.3 Å². The van der Waals surface area contributed by atoms with E-state index in [-0.39, 0.29) is 24.6 Å². The van der Waals surface area contributed by atoms with E-state index in [0.29, 0.717) is 23.2 Å². The molecule has 2 rings (SSSR count). The van der Waals surface area contributed by atoms with Crippen LogP contribution in [0.5, 0.6) is 5.75 Å². The second-order valence-corrected chi connectivity index (χ2v) is 7.93. The van der Waals surface area contributed by atoms with Gasteiger partial charge in [0.1, 0.15) is 12.4 Å². The fourth-order valence-corrected chi connectivity index (χ4v) is 2.88. The van der Waals surface area contributed by atoms with Gasteiger partial charge in [0.05, 0.1) is 6.61 Å². The molecule has 0 saturated heterocycles. The summed E-state index contributed by atoms with van der Waals surface area (Å²) in [5, 5.41) is 13.9. The van der Waals surface area contributed by atoms with Crippen molar-refractivity contribution < 1.29 is 9.84 Å². The number of aliphatic hydroxyl groups excluding tert-OH is 1. The minimum atomic E-state index is -0.362. The van der Waals surface area contributed by atoms with Gasteiger partial charge in [-0.05, 0) is 44.2 Å². The Hall–Kier alpha value is -0.490. The minimum absolute atomic E-state index is 0. The summed E-state index contributed by atoms with van der Waals surface area (Å²) in [6.07, 6.45) is 0. The van der Waals surface area contributed by atoms with Gasteiger partial charge in [-0.25, -0.2) is 0 Å². The Morgan fingerprint density at radius 3 is 2.48 bits per heavy atom. The van der Waals surface area contributed by atoms with E-state index in [1.54, 1.807) is 12.1 Å². The molecule has 7 heteroatoms. The van der Waals surface area contributed by atoms with Gasteiger partial charge in [0.25, 0.3) is 0 Å². The Bertz CT molecular complexity index is 711. The Balaban J connectivity index is 0.00000312. The van der Waals surface area contributed by atoms with E-state index >= 15 is 0 Å². The maximum Gasteiger partial charge on any atom is 0.124 e. The molecule has 3 nitrogen and oxygen atoms in total. The molecule has 25 heavy (non-hydrogen) atoms. The fraction of sp³-hybridized carbons (Fsp3) is 0.333. The molecule has 0 radical (unpaired) electrons. The third kappa shape index (κ3) is 6.97. The molecule has 0 aliphatic rings. The molecule has 0 amide bonds. The summed E-state index contributed by atoms with van der Waals surface area (Å²) in [5.41, 5.74) is 1.51. The van der Waals surface area contributed by atoms with Crippen LogP contribution in [0.2, 0.25) is 10.0 Å². The van der Waals surface area contributed by atoms with E-state index in [2.05, 4.69) is 21.2 Å². The minimum Gasteiger partial charge on any atom is -0.489 e. The lowest BCUT2D eigenvalue weighted by Crippen LogP contribution is -2.42. The molecule has 0 aliphatic heterocycles. The Kier molecular flexibility index (Phi) is 9.02. The molecule has 0 bridgehead atoms. The predicted octanol–water partition coefficient (Wildman–Crippen LogP) is 5.62. The van der Waals surface area contributed by atoms with Crippen LogP contribution in [-0.2, 0) is 13.2 Å². The van der Waals surface area contributed by atoms with Crippen molar-refractivity contribution in [2.45, 2.75) is 32.5 Å². The van der Waals surface area contributed by atoms with E-state index in [9.17, 15) is 5.11 Å². The van der Waals surface area contributed by atoms with E-state index in [1.807, 2.05) is 38.1 Å². The highest BCUT2D eigenvalue weighted by Crippen LogP contribution is 2.27. The first-order valence-electron chi connectivity index (χ1n) is 7.52. The van der Waals surface area contributed by atoms with E-state index in [4.69, 9.17) is 27.9 Å². The molecular formula is C18H21BrCl3NO2. The zero-order chi connectivity index (χ0) is 17.7. The highest BCUT2D eigenvalue weighted by Gasteiger charge is 2.16. The van der Waals surface area contributed by atoms with Gasteiger partial charge in [-0.1, -0.05) is 45.2 Å². The standard InChI is InChI=1S/C18H20BrCl2NO2.ClH/c1-18(2,11-23)22-9-13-7-14(19)4-6-17(13)24-10-12-3-5-15(20)8-16(12)21;/h3-8,22-23H,9-11H2,1-2H3;1H. The summed E-state index contributed by atoms with van der Waals surface area (Å²) in [4.78, 5) is 0. The van der Waals surface area contributed by atoms with Gasteiger partial charge in [0.15, 0.2) is 0 Å². The molecular weight excluding hydrogens is 448 g/mol. The van der Waals surface area contributed by atoms with Crippen LogP contribution in [0.25, 0.3) is 0 Å². The SMILES string of the molecule is CC(C)(CO)NCc1cc(Br)ccc1OCc1ccc(Cl)cc1Cl.Cl. The van der Waals surface area contributed by atoms with Crippen molar-refractivity contribution in [3.63, 3.8) is 0 Å². The lowest BCUT2D eigenvalue weighted by Gasteiger charge is -2.24. The van der Waals surface area contributed by atoms with Crippen LogP contribution in [0, 0.1) is 0 Å². The van der Waals surface area contributed by atoms with Gasteiger partial charge in [0, 0.05) is 37.7 Å². The Morgan fingerprint density at radius 2 is 1.84 bits per heavy atom. The average Bonchev–Trinajstić information content (AvgIpc) is 2.53. The molecule has 0 heterocycles. The molecule has 2 aromatic carbocycles. The summed E-state index contributed by atoms with van der Waals surface area (Å²) in [7, 11) is 0. The zero-order valence-electron chi connectivity index (χ0n) is 14.0. The van der Waals surface area contributed by atoms with Crippen molar-refractivity contribution in [3.8, 4) is 5.75 Å². The average molecular weight is 470 g/mol. The number of halogens is 4. The maximum atomic E-state index is 9.37. The van der Waals surface area contributed by atoms with Gasteiger partial charge in [-0.2, -0.15) is 0 Å². The number of benzene rings is 2. The molecule has 0 aromatic heterocycles. The van der Waals surface area contributed by atoms with Gasteiger partial charge in [-0.3, -0.25) is 0 Å². The van der Waals surface area contributed by atoms with Crippen LogP contribution in [0.4, 0.5) is 0 Å². The van der Waals surface area contributed by atoms with Crippen molar-refractivity contribution in [1.82, 2.24) is 5.32 Å². The first kappa shape index (κ1) is 22.6. The van der Waals surface area contributed by atoms with E-state index < -0.39 is 0 Å². The molecule has 0 atom stereocenters. The second-order valence-electron chi connectivity index (χ2n) is 6.17. The second kappa shape index (κ2) is 10.0. The van der Waals surface area contributed by atoms with Crippen LogP contribution in [0.15, 0.2) is 40.9 Å². The molecule has 0 unspecified atom stereocenters. The highest BCUT2D eigenvalue weighted by molar-refractivity contribution is 9.10. The number of hydrogen-bond donors (Lipinski definition) is 2. The van der Waals surface area contributed by atoms with Crippen molar-refractivity contribution >= 4 is 51.5 Å². The first-order chi connectivity index (χ1) is 11.3. The van der Waals surface area contributed by atoms with Crippen LogP contribution < -0.4 is 10.1 Å². The topological polar surface area (TPSA) is 41.5 Å². The Morgan fingerprint density at radius 1 is 1.12 bits per heavy atom. The van der Waals surface area contributed by atoms with Gasteiger partial charge >= 0.3 is 0 Å². The molecule has 2 aromatic rings. The molecule has 0 fully saturated rings. The van der Waals surface area contributed by atoms with Crippen molar-refractivity contribution in [1.29, 1.82) is 0 Å². The normalized spacial score (nSPS) is 11.1. The van der Waals surface area contributed by atoms with Gasteiger partial charge in [-0.15, -0.1) is 12.4 Å². The van der Waals surface area contributed by atoms with Crippen molar-refractivity contribution in [2.75, 3.05) is 6.61 Å². The van der Waals surface area contributed by atoms with Crippen molar-refractivity contribution in [3.05, 3.63) is 62.0 Å². The zero-order valence-corrected chi connectivity index (χ0v) is 17.9. The van der Waals surface area contributed by atoms with E-state index in [1.165, 1.54) is 0 Å². The van der Waals surface area contributed by atoms with Crippen LogP contribution >= 0.6 is 51.5 Å². The largest absolute Gasteiger partial charge is 0.489 e. The fourth-order valence-electron chi connectivity index (χ4n) is 2.01. The number of aliphatic hydroxyl groups is 1. The first-order valence-corrected chi connectivity index (χ1v) is 9.07. The number of ether oxygens (including phenoxy) is 1. The third-order valence-electron chi connectivity index (χ3n) is 3.57. The molecule has 2 N–H and O–H groups in total. The van der Waals surface area contributed by atoms with Gasteiger partial charge < -0.3 is 15.2 Å². The lowest BCUT2D eigenvalue weighted by atomic mass is 10.1. The summed E-state index contributed by atoms with van der Waals surface area (Å²) >= 11 is 15.6. The van der Waals surface area contributed by atoms with Crippen LogP contribution in [0.3, 0.4) is 0 Å². The summed E-state index contributed by atoms with van der Waals surface area (Å²) in [5.74, 6) is 0.769. The summed E-state index contributed by atoms with van der Waals surface area (Å²) in [6, 6.07) is 11.2. The summed E-state index contributed by atoms with van der Waals surface area (Å²) < 4.78 is 6.92. The van der Waals surface area contributed by atoms with Crippen molar-refractivity contribution in [2.24, 2.45) is 0 Å². The molecule has 0 spiro atoms. The maximum absolute atomic E-state index is 9.37. The highest BCUT2D eigenvalue weighted by atomic mass is 79.9. The number of hydrogen-bond acceptors (Lipinski definition) is 3. The van der Waals surface area contributed by atoms with Gasteiger partial charge in [0.2, 0.25) is 0 Å². The summed E-state index contributed by atoms with van der Waals surface area (Å²) in [6.45, 7) is 4.88. The number of nitrogens with one attached hydrogen (secondary N) is 1. The number of rotatable bonds is 7. The quantitative estimate of drug-likeness (QED) is 0.553. The lowest BCUT2D eigenvalue weighted by molar-refractivity contribution is 0.186. The van der Waals surface area contributed by atoms with Crippen LogP contribution in [-0.4, -0.2) is 17.3 Å². The smallest absolute Gasteiger partial charge is 0.124 e. The monoisotopic (exact) mass is 467 g/mol.